The monoisotopic (exact) mass is 394 g/mol. The first-order chi connectivity index (χ1) is 12.8. The quantitative estimate of drug-likeness (QED) is 0.402. The average molecular weight is 395 g/mol. The van der Waals surface area contributed by atoms with Gasteiger partial charge in [0.15, 0.2) is 15.8 Å². The van der Waals surface area contributed by atoms with Crippen LogP contribution in [0.4, 0.5) is 0 Å². The van der Waals surface area contributed by atoms with Gasteiger partial charge in [-0.15, -0.1) is 0 Å². The van der Waals surface area contributed by atoms with Crippen LogP contribution < -0.4 is 10.6 Å². The van der Waals surface area contributed by atoms with E-state index in [2.05, 4.69) is 34.4 Å². The molecular weight excluding hydrogens is 360 g/mol. The van der Waals surface area contributed by atoms with Crippen LogP contribution in [-0.2, 0) is 9.84 Å². The molecule has 1 aromatic carbocycles. The molecule has 152 valence electrons. The van der Waals surface area contributed by atoms with Gasteiger partial charge in [0.05, 0.1) is 10.6 Å². The largest absolute Gasteiger partial charge is 0.356 e. The van der Waals surface area contributed by atoms with Crippen molar-refractivity contribution in [3.8, 4) is 0 Å². The lowest BCUT2D eigenvalue weighted by Gasteiger charge is -2.41. The van der Waals surface area contributed by atoms with Gasteiger partial charge in [-0.1, -0.05) is 24.6 Å². The fraction of sp³-hybridized carbons (Fsp3) is 0.650. The number of sulfone groups is 1. The van der Waals surface area contributed by atoms with E-state index < -0.39 is 9.84 Å². The zero-order valence-electron chi connectivity index (χ0n) is 16.9. The second-order valence-electron chi connectivity index (χ2n) is 7.70. The van der Waals surface area contributed by atoms with Crippen LogP contribution in [0.3, 0.4) is 0 Å². The first-order valence-electron chi connectivity index (χ1n) is 9.82. The molecule has 0 amide bonds. The summed E-state index contributed by atoms with van der Waals surface area (Å²) in [5.74, 6) is 0.845. The molecule has 27 heavy (non-hydrogen) atoms. The Bertz CT molecular complexity index is 696. The van der Waals surface area contributed by atoms with Crippen molar-refractivity contribution in [2.75, 3.05) is 39.0 Å². The molecule has 0 aliphatic carbocycles. The molecule has 0 bridgehead atoms. The minimum Gasteiger partial charge on any atom is -0.356 e. The van der Waals surface area contributed by atoms with Crippen LogP contribution in [0.15, 0.2) is 40.2 Å². The number of nitrogens with zero attached hydrogens (tertiary/aromatic N) is 2. The Morgan fingerprint density at radius 2 is 1.78 bits per heavy atom. The van der Waals surface area contributed by atoms with Crippen molar-refractivity contribution in [1.29, 1.82) is 0 Å². The third-order valence-corrected chi connectivity index (χ3v) is 6.93. The second-order valence-corrected chi connectivity index (χ2v) is 9.81. The molecule has 1 heterocycles. The molecule has 7 heteroatoms. The molecule has 1 aliphatic heterocycles. The van der Waals surface area contributed by atoms with E-state index in [9.17, 15) is 8.42 Å². The van der Waals surface area contributed by atoms with E-state index in [0.717, 1.165) is 25.6 Å². The summed E-state index contributed by atoms with van der Waals surface area (Å²) in [6, 6.07) is 8.61. The SMILES string of the molecule is CN=C(NCCCS(=O)(=O)c1ccccc1)NCC(C)(C)N1CCCCC1. The van der Waals surface area contributed by atoms with Gasteiger partial charge >= 0.3 is 0 Å². The van der Waals surface area contributed by atoms with Gasteiger partial charge in [0.1, 0.15) is 0 Å². The first kappa shape index (κ1) is 21.7. The molecule has 1 fully saturated rings. The molecule has 0 unspecified atom stereocenters. The minimum absolute atomic E-state index is 0.0642. The maximum absolute atomic E-state index is 12.3. The van der Waals surface area contributed by atoms with Crippen LogP contribution in [0.25, 0.3) is 0 Å². The van der Waals surface area contributed by atoms with Gasteiger partial charge in [0, 0.05) is 25.7 Å². The summed E-state index contributed by atoms with van der Waals surface area (Å²) in [6.45, 7) is 8.18. The zero-order chi connectivity index (χ0) is 19.8. The molecule has 0 spiro atoms. The van der Waals surface area contributed by atoms with Gasteiger partial charge in [0.25, 0.3) is 0 Å². The molecule has 1 saturated heterocycles. The standard InChI is InChI=1S/C20H34N4O2S/c1-20(2,24-14-8-5-9-15-24)17-23-19(21-3)22-13-10-16-27(25,26)18-11-6-4-7-12-18/h4,6-7,11-12H,5,8-10,13-17H2,1-3H3,(H2,21,22,23). The average Bonchev–Trinajstić information content (AvgIpc) is 2.69. The Labute approximate surface area is 164 Å². The highest BCUT2D eigenvalue weighted by Gasteiger charge is 2.27. The molecule has 1 aliphatic rings. The number of nitrogens with one attached hydrogen (secondary N) is 2. The Hall–Kier alpha value is -1.60. The van der Waals surface area contributed by atoms with E-state index in [-0.39, 0.29) is 11.3 Å². The molecular formula is C20H34N4O2S. The fourth-order valence-corrected chi connectivity index (χ4v) is 4.68. The van der Waals surface area contributed by atoms with E-state index in [1.165, 1.54) is 19.3 Å². The predicted octanol–water partition coefficient (Wildman–Crippen LogP) is 2.28. The van der Waals surface area contributed by atoms with Crippen molar-refractivity contribution in [2.24, 2.45) is 4.99 Å². The van der Waals surface area contributed by atoms with E-state index >= 15 is 0 Å². The third kappa shape index (κ3) is 6.81. The maximum atomic E-state index is 12.3. The summed E-state index contributed by atoms with van der Waals surface area (Å²) in [5, 5.41) is 6.61. The van der Waals surface area contributed by atoms with Gasteiger partial charge in [-0.3, -0.25) is 9.89 Å². The summed E-state index contributed by atoms with van der Waals surface area (Å²) in [5.41, 5.74) is 0.0642. The molecule has 0 saturated carbocycles. The molecule has 0 atom stereocenters. The molecule has 0 radical (unpaired) electrons. The van der Waals surface area contributed by atoms with Crippen LogP contribution in [0.1, 0.15) is 39.5 Å². The third-order valence-electron chi connectivity index (χ3n) is 5.11. The normalized spacial score (nSPS) is 16.9. The number of aliphatic imine (C=N–C) groups is 1. The zero-order valence-corrected chi connectivity index (χ0v) is 17.7. The van der Waals surface area contributed by atoms with Crippen molar-refractivity contribution in [1.82, 2.24) is 15.5 Å². The van der Waals surface area contributed by atoms with Crippen molar-refractivity contribution >= 4 is 15.8 Å². The van der Waals surface area contributed by atoms with Crippen LogP contribution in [-0.4, -0.2) is 63.8 Å². The lowest BCUT2D eigenvalue weighted by atomic mass is 9.98. The topological polar surface area (TPSA) is 73.8 Å². The summed E-state index contributed by atoms with van der Waals surface area (Å²) in [7, 11) is -1.48. The summed E-state index contributed by atoms with van der Waals surface area (Å²) >= 11 is 0. The Balaban J connectivity index is 1.74. The predicted molar refractivity (Wildman–Crippen MR) is 112 cm³/mol. The number of benzene rings is 1. The molecule has 1 aromatic rings. The summed E-state index contributed by atoms with van der Waals surface area (Å²) in [6.07, 6.45) is 4.40. The van der Waals surface area contributed by atoms with Crippen molar-refractivity contribution in [3.63, 3.8) is 0 Å². The van der Waals surface area contributed by atoms with Crippen molar-refractivity contribution in [3.05, 3.63) is 30.3 Å². The van der Waals surface area contributed by atoms with E-state index in [4.69, 9.17) is 0 Å². The van der Waals surface area contributed by atoms with Crippen LogP contribution >= 0.6 is 0 Å². The lowest BCUT2D eigenvalue weighted by Crippen LogP contribution is -2.54. The van der Waals surface area contributed by atoms with Gasteiger partial charge in [-0.05, 0) is 58.3 Å². The van der Waals surface area contributed by atoms with Gasteiger partial charge in [-0.2, -0.15) is 0 Å². The van der Waals surface area contributed by atoms with Gasteiger partial charge < -0.3 is 10.6 Å². The molecule has 2 N–H and O–H groups in total. The molecule has 0 aromatic heterocycles. The highest BCUT2D eigenvalue weighted by Crippen LogP contribution is 2.19. The van der Waals surface area contributed by atoms with Crippen molar-refractivity contribution in [2.45, 2.75) is 50.0 Å². The van der Waals surface area contributed by atoms with E-state index in [1.54, 1.807) is 31.3 Å². The summed E-state index contributed by atoms with van der Waals surface area (Å²) < 4.78 is 24.6. The van der Waals surface area contributed by atoms with E-state index in [1.807, 2.05) is 6.07 Å². The number of hydrogen-bond acceptors (Lipinski definition) is 4. The van der Waals surface area contributed by atoms with E-state index in [0.29, 0.717) is 17.9 Å². The van der Waals surface area contributed by atoms with Gasteiger partial charge in [-0.25, -0.2) is 8.42 Å². The molecule has 6 nitrogen and oxygen atoms in total. The van der Waals surface area contributed by atoms with Gasteiger partial charge in [0.2, 0.25) is 0 Å². The van der Waals surface area contributed by atoms with Crippen LogP contribution in [0.2, 0.25) is 0 Å². The highest BCUT2D eigenvalue weighted by molar-refractivity contribution is 7.91. The first-order valence-corrected chi connectivity index (χ1v) is 11.5. The summed E-state index contributed by atoms with van der Waals surface area (Å²) in [4.78, 5) is 7.17. The lowest BCUT2D eigenvalue weighted by molar-refractivity contribution is 0.0982. The second kappa shape index (κ2) is 10.1. The van der Waals surface area contributed by atoms with Crippen molar-refractivity contribution < 1.29 is 8.42 Å². The number of likely N-dealkylation sites (tertiary alicyclic amines) is 1. The number of guanidine groups is 1. The Kier molecular flexibility index (Phi) is 8.10. The smallest absolute Gasteiger partial charge is 0.191 e. The van der Waals surface area contributed by atoms with Crippen LogP contribution in [0.5, 0.6) is 0 Å². The Morgan fingerprint density at radius 1 is 1.11 bits per heavy atom. The molecule has 2 rings (SSSR count). The minimum atomic E-state index is -3.22. The van der Waals surface area contributed by atoms with Crippen LogP contribution in [0, 0.1) is 0 Å². The number of hydrogen-bond donors (Lipinski definition) is 2. The fourth-order valence-electron chi connectivity index (χ4n) is 3.35. The maximum Gasteiger partial charge on any atom is 0.191 e. The number of piperidine rings is 1. The number of rotatable bonds is 8. The highest BCUT2D eigenvalue weighted by atomic mass is 32.2. The Morgan fingerprint density at radius 3 is 2.41 bits per heavy atom.